The molecule has 6 aromatic heterocycles. The maximum absolute atomic E-state index is 12.5. The summed E-state index contributed by atoms with van der Waals surface area (Å²) in [5.41, 5.74) is 11.9. The third-order valence-electron chi connectivity index (χ3n) is 11.2. The van der Waals surface area contributed by atoms with E-state index in [-0.39, 0.29) is 40.3 Å². The van der Waals surface area contributed by atoms with Gasteiger partial charge in [-0.05, 0) is 133 Å². The summed E-state index contributed by atoms with van der Waals surface area (Å²) in [5, 5.41) is 0. The summed E-state index contributed by atoms with van der Waals surface area (Å²) in [7, 11) is -9.65. The van der Waals surface area contributed by atoms with E-state index in [1.165, 1.54) is 0 Å². The molecule has 14 nitrogen and oxygen atoms in total. The molecule has 4 aliphatic rings. The van der Waals surface area contributed by atoms with Gasteiger partial charge in [-0.2, -0.15) is 0 Å². The number of rotatable bonds is 4. The first kappa shape index (κ1) is 44.9. The summed E-state index contributed by atoms with van der Waals surface area (Å²) < 4.78 is 74.9. The number of nitrogens with zero attached hydrogens (tertiary/aromatic N) is 4. The summed E-state index contributed by atoms with van der Waals surface area (Å²) in [5.74, 6) is 0. The zero-order chi connectivity index (χ0) is 46.6. The molecule has 0 radical (unpaired) electrons. The molecule has 0 spiro atoms. The van der Waals surface area contributed by atoms with E-state index in [1.54, 1.807) is 84.9 Å². The van der Waals surface area contributed by atoms with Crippen molar-refractivity contribution in [2.24, 2.45) is 0 Å². The Morgan fingerprint density at radius 1 is 0.333 bits per heavy atom. The summed E-state index contributed by atoms with van der Waals surface area (Å²) in [6, 6.07) is 40.0. The van der Waals surface area contributed by atoms with Crippen LogP contribution in [0.2, 0.25) is 0 Å². The van der Waals surface area contributed by atoms with Gasteiger partial charge >= 0.3 is 19.5 Å². The predicted molar refractivity (Wildman–Crippen MR) is 265 cm³/mol. The van der Waals surface area contributed by atoms with E-state index >= 15 is 0 Å². The van der Waals surface area contributed by atoms with Crippen LogP contribution in [0.15, 0.2) is 143 Å². The van der Waals surface area contributed by atoms with Gasteiger partial charge < -0.3 is 29.0 Å². The molecule has 12 rings (SSSR count). The molecule has 2 aromatic carbocycles. The molecule has 8 aromatic rings. The van der Waals surface area contributed by atoms with Crippen LogP contribution in [0, 0.1) is 0 Å². The first-order valence-electron chi connectivity index (χ1n) is 21.1. The minimum atomic E-state index is -4.82. The van der Waals surface area contributed by atoms with Gasteiger partial charge in [0.05, 0.1) is 66.4 Å². The van der Waals surface area contributed by atoms with Crippen molar-refractivity contribution in [2.45, 2.75) is 9.79 Å². The fourth-order valence-corrected chi connectivity index (χ4v) is 10.1. The van der Waals surface area contributed by atoms with Gasteiger partial charge in [-0.3, -0.25) is 0 Å². The average Bonchev–Trinajstić information content (AvgIpc) is 4.16. The van der Waals surface area contributed by atoms with Gasteiger partial charge in [-0.1, -0.05) is 60.7 Å². The molecule has 69 heavy (non-hydrogen) atoms. The predicted octanol–water partition coefficient (Wildman–Crippen LogP) is 10.5. The number of nitrogens with one attached hydrogen (secondary N) is 4. The van der Waals surface area contributed by atoms with E-state index in [4.69, 9.17) is 0 Å². The van der Waals surface area contributed by atoms with Crippen LogP contribution in [0.3, 0.4) is 0 Å². The molecule has 16 bridgehead atoms. The molecule has 0 aliphatic carbocycles. The van der Waals surface area contributed by atoms with E-state index in [0.29, 0.717) is 67.5 Å². The summed E-state index contributed by atoms with van der Waals surface area (Å²) in [6.45, 7) is 0. The van der Waals surface area contributed by atoms with E-state index < -0.39 is 20.2 Å². The van der Waals surface area contributed by atoms with Crippen LogP contribution in [0.25, 0.3) is 115 Å². The Kier molecular flexibility index (Phi) is 11.7. The Morgan fingerprint density at radius 3 is 0.870 bits per heavy atom. The fourth-order valence-electron chi connectivity index (χ4n) is 8.41. The largest absolute Gasteiger partial charge is 2.00 e. The quantitative estimate of drug-likeness (QED) is 0.0963. The van der Waals surface area contributed by atoms with Crippen LogP contribution in [0.4, 0.5) is 0 Å². The third kappa shape index (κ3) is 9.50. The smallest absolute Gasteiger partial charge is 0.744 e. The second-order valence-electron chi connectivity index (χ2n) is 16.0. The van der Waals surface area contributed by atoms with Gasteiger partial charge in [0, 0.05) is 44.2 Å². The zero-order valence-electron chi connectivity index (χ0n) is 36.1. The number of H-pyrrole nitrogens is 4. The molecule has 4 aliphatic heterocycles. The maximum atomic E-state index is 12.5. The minimum absolute atomic E-state index is 0. The van der Waals surface area contributed by atoms with Crippen molar-refractivity contribution in [3.05, 3.63) is 179 Å². The van der Waals surface area contributed by atoms with Crippen molar-refractivity contribution in [2.75, 3.05) is 0 Å². The first-order valence-corrected chi connectivity index (χ1v) is 23.9. The molecular weight excluding hydrogens is 962 g/mol. The Hall–Kier alpha value is -7.92. The zero-order valence-corrected chi connectivity index (χ0v) is 40.7. The molecule has 17 heteroatoms. The second kappa shape index (κ2) is 18.0. The number of benzene rings is 2. The normalized spacial score (nSPS) is 12.7. The van der Waals surface area contributed by atoms with E-state index in [1.807, 2.05) is 97.1 Å². The number of aromatic amines is 4. The van der Waals surface area contributed by atoms with Crippen LogP contribution >= 0.6 is 0 Å². The van der Waals surface area contributed by atoms with E-state index in [0.717, 1.165) is 33.5 Å². The minimum Gasteiger partial charge on any atom is -0.744 e. The first-order chi connectivity index (χ1) is 32.8. The molecule has 0 amide bonds. The van der Waals surface area contributed by atoms with Gasteiger partial charge in [0.15, 0.2) is 0 Å². The Labute approximate surface area is 406 Å². The second-order valence-corrected chi connectivity index (χ2v) is 18.7. The summed E-state index contributed by atoms with van der Waals surface area (Å²) >= 11 is 0. The van der Waals surface area contributed by atoms with Crippen molar-refractivity contribution in [3.8, 4) is 22.3 Å². The van der Waals surface area contributed by atoms with Crippen molar-refractivity contribution in [1.82, 2.24) is 39.9 Å². The topological polar surface area (TPSA) is 229 Å². The molecule has 4 N–H and O–H groups in total. The van der Waals surface area contributed by atoms with Gasteiger partial charge in [-0.15, -0.1) is 0 Å². The molecule has 0 saturated heterocycles. The van der Waals surface area contributed by atoms with Crippen LogP contribution in [-0.4, -0.2) is 65.8 Å². The van der Waals surface area contributed by atoms with Crippen molar-refractivity contribution >= 4 is 113 Å². The molecule has 0 fully saturated rings. The standard InChI is InChI=1S/2C26H18N4O3S.Zn/c2*31-34(32,33)26-24-15-22-11-9-20(29-22)13-18-7-6-17(27-18)12-19-8-10-21(28-19)14-23(30-24)25(26)16-4-2-1-3-5-16;/h2*1-15,27,30H,(H,31,32,33);/q;;+2/p-2. The van der Waals surface area contributed by atoms with Gasteiger partial charge in [0.2, 0.25) is 0 Å². The van der Waals surface area contributed by atoms with Gasteiger partial charge in [-0.25, -0.2) is 36.8 Å². The summed E-state index contributed by atoms with van der Waals surface area (Å²) in [6.07, 6.45) is 14.7. The maximum Gasteiger partial charge on any atom is 2.00 e. The van der Waals surface area contributed by atoms with Crippen LogP contribution in [0.5, 0.6) is 0 Å². The molecule has 0 atom stereocenters. The molecule has 0 unspecified atom stereocenters. The molecule has 10 heterocycles. The number of hydrogen-bond acceptors (Lipinski definition) is 10. The average molecular weight is 996 g/mol. The fraction of sp³-hybridized carbons (Fsp3) is 0. The SMILES string of the molecule is O=S(=O)([O-])c1c(-c2ccccc2)c2cc3nc(cc4ccc(cc5nc(cc1[nH]2)C=C5)[nH]4)C=C3.O=S(=O)([O-])c1c(-c2ccccc2)c2cc3nc(cc4ccc(cc5nc(cc1[nH]2)C=C5)[nH]4)C=C3.[Zn+2]. The van der Waals surface area contributed by atoms with Crippen LogP contribution in [0.1, 0.15) is 45.6 Å². The molecule has 332 valence electrons. The van der Waals surface area contributed by atoms with Crippen molar-refractivity contribution in [1.29, 1.82) is 0 Å². The molecule has 0 saturated carbocycles. The van der Waals surface area contributed by atoms with Gasteiger partial charge in [0.25, 0.3) is 0 Å². The Bertz CT molecular complexity index is 3830. The van der Waals surface area contributed by atoms with E-state index in [2.05, 4.69) is 39.9 Å². The number of aromatic nitrogens is 8. The third-order valence-corrected chi connectivity index (χ3v) is 13.1. The van der Waals surface area contributed by atoms with Gasteiger partial charge in [0.1, 0.15) is 20.2 Å². The monoisotopic (exact) mass is 994 g/mol. The Balaban J connectivity index is 0.000000158. The van der Waals surface area contributed by atoms with Crippen molar-refractivity contribution < 1.29 is 45.4 Å². The Morgan fingerprint density at radius 2 is 0.594 bits per heavy atom. The number of hydrogen-bond donors (Lipinski definition) is 4. The molecular formula is C52H34N8O6S2Zn. The van der Waals surface area contributed by atoms with Crippen LogP contribution < -0.4 is 0 Å². The van der Waals surface area contributed by atoms with Crippen molar-refractivity contribution in [3.63, 3.8) is 0 Å². The van der Waals surface area contributed by atoms with Crippen LogP contribution in [-0.2, 0) is 39.7 Å². The summed E-state index contributed by atoms with van der Waals surface area (Å²) in [4.78, 5) is 30.7. The number of fused-ring (bicyclic) bond motifs is 16. The van der Waals surface area contributed by atoms with E-state index in [9.17, 15) is 25.9 Å².